The van der Waals surface area contributed by atoms with Gasteiger partial charge in [-0.25, -0.2) is 4.79 Å². The number of rotatable bonds is 10. The molecule has 1 aliphatic rings. The highest BCUT2D eigenvalue weighted by atomic mass is 32.2. The zero-order valence-corrected chi connectivity index (χ0v) is 26.8. The monoisotopic (exact) mass is 613 g/mol. The number of anilines is 1. The Bertz CT molecular complexity index is 1460. The van der Waals surface area contributed by atoms with Crippen molar-refractivity contribution in [3.8, 4) is 5.75 Å². The van der Waals surface area contributed by atoms with E-state index in [0.29, 0.717) is 38.8 Å². The molecular weight excluding hydrogens is 574 g/mol. The van der Waals surface area contributed by atoms with Crippen molar-refractivity contribution in [2.75, 3.05) is 19.0 Å². The van der Waals surface area contributed by atoms with Crippen LogP contribution in [0.1, 0.15) is 78.0 Å². The van der Waals surface area contributed by atoms with Crippen LogP contribution in [-0.2, 0) is 36.0 Å². The normalized spacial score (nSPS) is 15.5. The van der Waals surface area contributed by atoms with Crippen molar-refractivity contribution in [2.24, 2.45) is 18.4 Å². The zero-order valence-electron chi connectivity index (χ0n) is 25.2. The first kappa shape index (κ1) is 31.6. The van der Waals surface area contributed by atoms with Crippen LogP contribution >= 0.6 is 23.1 Å². The summed E-state index contributed by atoms with van der Waals surface area (Å²) in [6.07, 6.45) is 2.66. The summed E-state index contributed by atoms with van der Waals surface area (Å²) in [6.45, 7) is 10.7. The molecule has 10 nitrogen and oxygen atoms in total. The van der Waals surface area contributed by atoms with Crippen molar-refractivity contribution in [1.82, 2.24) is 20.1 Å². The van der Waals surface area contributed by atoms with Gasteiger partial charge in [-0.15, -0.1) is 21.5 Å². The number of aromatic nitrogens is 3. The number of hydrogen-bond donors (Lipinski definition) is 2. The summed E-state index contributed by atoms with van der Waals surface area (Å²) >= 11 is 2.73. The second-order valence-electron chi connectivity index (χ2n) is 11.3. The Morgan fingerprint density at radius 1 is 1.21 bits per heavy atom. The summed E-state index contributed by atoms with van der Waals surface area (Å²) in [5.74, 6) is 0.593. The topological polar surface area (TPSA) is 124 Å². The quantitative estimate of drug-likeness (QED) is 0.234. The van der Waals surface area contributed by atoms with Crippen LogP contribution in [0.5, 0.6) is 5.75 Å². The smallest absolute Gasteiger partial charge is 0.341 e. The average molecular weight is 614 g/mol. The molecule has 226 valence electrons. The second-order valence-corrected chi connectivity index (χ2v) is 13.7. The van der Waals surface area contributed by atoms with Gasteiger partial charge in [-0.1, -0.05) is 44.7 Å². The van der Waals surface area contributed by atoms with Gasteiger partial charge in [0.25, 0.3) is 5.91 Å². The van der Waals surface area contributed by atoms with Crippen LogP contribution in [0.2, 0.25) is 0 Å². The summed E-state index contributed by atoms with van der Waals surface area (Å²) in [5, 5.41) is 14.8. The Kier molecular flexibility index (Phi) is 9.98. The van der Waals surface area contributed by atoms with Crippen LogP contribution in [0.4, 0.5) is 5.00 Å². The zero-order chi connectivity index (χ0) is 30.6. The number of thioether (sulfide) groups is 1. The first-order valence-electron chi connectivity index (χ1n) is 14.0. The van der Waals surface area contributed by atoms with E-state index in [1.54, 1.807) is 49.7 Å². The molecule has 0 radical (unpaired) electrons. The van der Waals surface area contributed by atoms with Gasteiger partial charge in [-0.3, -0.25) is 9.59 Å². The molecule has 2 heterocycles. The molecule has 0 aliphatic heterocycles. The van der Waals surface area contributed by atoms with E-state index in [0.717, 1.165) is 29.7 Å². The van der Waals surface area contributed by atoms with Gasteiger partial charge >= 0.3 is 5.97 Å². The number of esters is 1. The van der Waals surface area contributed by atoms with Crippen molar-refractivity contribution >= 4 is 45.9 Å². The van der Waals surface area contributed by atoms with Gasteiger partial charge in [-0.2, -0.15) is 0 Å². The lowest BCUT2D eigenvalue weighted by molar-refractivity contribution is -0.115. The minimum absolute atomic E-state index is 0.154. The lowest BCUT2D eigenvalue weighted by Gasteiger charge is -2.33. The Hall–Kier alpha value is -3.38. The van der Waals surface area contributed by atoms with Gasteiger partial charge in [0.1, 0.15) is 10.8 Å². The Labute approximate surface area is 255 Å². The maximum atomic E-state index is 13.3. The van der Waals surface area contributed by atoms with Crippen LogP contribution in [0.3, 0.4) is 0 Å². The fourth-order valence-corrected chi connectivity index (χ4v) is 7.10. The number of benzene rings is 1. The summed E-state index contributed by atoms with van der Waals surface area (Å²) in [4.78, 5) is 40.1. The standard InChI is InChI=1S/C30H39N5O5S2/c1-8-40-28(38)24-20-14-13-18(30(3,4)5)15-22(20)42-27(24)32-25(36)17(2)41-29-34-33-23(35(29)6)16-31-26(37)19-11-9-10-12-21(19)39-7/h9-12,17-18H,8,13-16H2,1-7H3,(H,31,37)(H,32,36). The van der Waals surface area contributed by atoms with E-state index in [-0.39, 0.29) is 30.4 Å². The van der Waals surface area contributed by atoms with Gasteiger partial charge < -0.3 is 24.7 Å². The fourth-order valence-electron chi connectivity index (χ4n) is 4.95. The predicted molar refractivity (Wildman–Crippen MR) is 164 cm³/mol. The number of nitrogens with one attached hydrogen (secondary N) is 2. The number of fused-ring (bicyclic) bond motifs is 1. The molecule has 2 N–H and O–H groups in total. The number of carbonyl (C=O) groups is 3. The molecule has 0 saturated carbocycles. The number of carbonyl (C=O) groups excluding carboxylic acids is 3. The molecule has 3 aromatic rings. The molecular formula is C30H39N5O5S2. The van der Waals surface area contributed by atoms with Crippen molar-refractivity contribution in [3.63, 3.8) is 0 Å². The molecule has 2 atom stereocenters. The molecule has 12 heteroatoms. The van der Waals surface area contributed by atoms with Crippen LogP contribution in [-0.4, -0.2) is 51.5 Å². The largest absolute Gasteiger partial charge is 0.496 e. The minimum Gasteiger partial charge on any atom is -0.496 e. The number of thiophene rings is 1. The highest BCUT2D eigenvalue weighted by molar-refractivity contribution is 8.00. The highest BCUT2D eigenvalue weighted by Crippen LogP contribution is 2.44. The summed E-state index contributed by atoms with van der Waals surface area (Å²) < 4.78 is 12.4. The summed E-state index contributed by atoms with van der Waals surface area (Å²) in [5.41, 5.74) is 2.07. The molecule has 2 amide bonds. The third-order valence-electron chi connectivity index (χ3n) is 7.54. The van der Waals surface area contributed by atoms with E-state index in [9.17, 15) is 14.4 Å². The number of para-hydroxylation sites is 1. The second kappa shape index (κ2) is 13.3. The maximum Gasteiger partial charge on any atom is 0.341 e. The lowest BCUT2D eigenvalue weighted by Crippen LogP contribution is -2.27. The molecule has 0 saturated heterocycles. The molecule has 42 heavy (non-hydrogen) atoms. The lowest BCUT2D eigenvalue weighted by atomic mass is 9.72. The van der Waals surface area contributed by atoms with E-state index < -0.39 is 11.2 Å². The first-order chi connectivity index (χ1) is 19.9. The van der Waals surface area contributed by atoms with Gasteiger partial charge in [0.05, 0.1) is 36.6 Å². The van der Waals surface area contributed by atoms with Crippen LogP contribution in [0.15, 0.2) is 29.4 Å². The van der Waals surface area contributed by atoms with Crippen LogP contribution < -0.4 is 15.4 Å². The van der Waals surface area contributed by atoms with E-state index in [4.69, 9.17) is 9.47 Å². The molecule has 1 aromatic carbocycles. The van der Waals surface area contributed by atoms with Gasteiger partial charge in [-0.05, 0) is 62.1 Å². The Morgan fingerprint density at radius 2 is 1.95 bits per heavy atom. The number of nitrogens with zero attached hydrogens (tertiary/aromatic N) is 3. The first-order valence-corrected chi connectivity index (χ1v) is 15.7. The van der Waals surface area contributed by atoms with Gasteiger partial charge in [0.2, 0.25) is 5.91 Å². The molecule has 0 bridgehead atoms. The number of hydrogen-bond acceptors (Lipinski definition) is 9. The third kappa shape index (κ3) is 6.97. The van der Waals surface area contributed by atoms with Crippen molar-refractivity contribution in [3.05, 3.63) is 51.7 Å². The molecule has 1 aliphatic carbocycles. The molecule has 4 rings (SSSR count). The summed E-state index contributed by atoms with van der Waals surface area (Å²) in [7, 11) is 3.30. The number of ether oxygens (including phenoxy) is 2. The average Bonchev–Trinajstić information content (AvgIpc) is 3.49. The molecule has 2 aromatic heterocycles. The Morgan fingerprint density at radius 3 is 2.64 bits per heavy atom. The van der Waals surface area contributed by atoms with E-state index in [1.165, 1.54) is 30.2 Å². The van der Waals surface area contributed by atoms with Crippen molar-refractivity contribution in [1.29, 1.82) is 0 Å². The maximum absolute atomic E-state index is 13.3. The minimum atomic E-state index is -0.527. The molecule has 2 unspecified atom stereocenters. The van der Waals surface area contributed by atoms with Crippen LogP contribution in [0, 0.1) is 11.3 Å². The Balaban J connectivity index is 1.44. The molecule has 0 spiro atoms. The van der Waals surface area contributed by atoms with E-state index >= 15 is 0 Å². The number of amides is 2. The van der Waals surface area contributed by atoms with Crippen molar-refractivity contribution in [2.45, 2.75) is 70.8 Å². The van der Waals surface area contributed by atoms with E-state index in [2.05, 4.69) is 41.6 Å². The van der Waals surface area contributed by atoms with Gasteiger partial charge in [0, 0.05) is 11.9 Å². The highest BCUT2D eigenvalue weighted by Gasteiger charge is 2.35. The van der Waals surface area contributed by atoms with Crippen LogP contribution in [0.25, 0.3) is 0 Å². The fraction of sp³-hybridized carbons (Fsp3) is 0.500. The third-order valence-corrected chi connectivity index (χ3v) is 9.85. The van der Waals surface area contributed by atoms with Crippen molar-refractivity contribution < 1.29 is 23.9 Å². The van der Waals surface area contributed by atoms with E-state index in [1.807, 2.05) is 0 Å². The predicted octanol–water partition coefficient (Wildman–Crippen LogP) is 5.26. The SMILES string of the molecule is CCOC(=O)c1c(NC(=O)C(C)Sc2nnc(CNC(=O)c3ccccc3OC)n2C)sc2c1CCC(C(C)(C)C)C2. The van der Waals surface area contributed by atoms with Gasteiger partial charge in [0.15, 0.2) is 11.0 Å². The number of methoxy groups -OCH3 is 1. The summed E-state index contributed by atoms with van der Waals surface area (Å²) in [6, 6.07) is 6.98. The molecule has 0 fully saturated rings.